The normalized spacial score (nSPS) is 19.5. The quantitative estimate of drug-likeness (QED) is 0.511. The molecule has 0 saturated heterocycles. The van der Waals surface area contributed by atoms with Crippen LogP contribution in [0.3, 0.4) is 0 Å². The molecule has 1 N–H and O–H groups in total. The van der Waals surface area contributed by atoms with Crippen molar-refractivity contribution in [1.82, 2.24) is 9.55 Å². The topological polar surface area (TPSA) is 105 Å². The van der Waals surface area contributed by atoms with Crippen molar-refractivity contribution in [3.8, 4) is 17.5 Å². The van der Waals surface area contributed by atoms with Gasteiger partial charge in [-0.15, -0.1) is 0 Å². The lowest BCUT2D eigenvalue weighted by molar-refractivity contribution is -0.172. The number of benzene rings is 1. The number of nitrogens with zero attached hydrogens (tertiary/aromatic N) is 3. The van der Waals surface area contributed by atoms with Gasteiger partial charge in [-0.25, -0.2) is 9.78 Å². The van der Waals surface area contributed by atoms with E-state index in [0.717, 1.165) is 5.39 Å². The summed E-state index contributed by atoms with van der Waals surface area (Å²) in [5.74, 6) is -0.755. The van der Waals surface area contributed by atoms with Gasteiger partial charge in [0, 0.05) is 16.5 Å². The average molecular weight is 373 g/mol. The van der Waals surface area contributed by atoms with Crippen molar-refractivity contribution in [2.75, 3.05) is 0 Å². The Labute approximate surface area is 159 Å². The molecule has 1 atom stereocenters. The minimum atomic E-state index is -1.86. The Balaban J connectivity index is 1.86. The fraction of sp³-hybridized carbons (Fsp3) is 0.238. The van der Waals surface area contributed by atoms with Gasteiger partial charge in [0.2, 0.25) is 0 Å². The molecule has 0 fully saturated rings. The molecule has 0 bridgehead atoms. The molecule has 7 nitrogen and oxygen atoms in total. The van der Waals surface area contributed by atoms with E-state index >= 15 is 0 Å². The third-order valence-electron chi connectivity index (χ3n) is 5.71. The highest BCUT2D eigenvalue weighted by molar-refractivity contribution is 5.90. The van der Waals surface area contributed by atoms with Gasteiger partial charge >= 0.3 is 5.97 Å². The molecule has 7 heteroatoms. The zero-order chi connectivity index (χ0) is 19.6. The highest BCUT2D eigenvalue weighted by Gasteiger charge is 2.45. The van der Waals surface area contributed by atoms with Crippen LogP contribution in [-0.4, -0.2) is 20.6 Å². The number of pyridine rings is 2. The Morgan fingerprint density at radius 3 is 2.86 bits per heavy atom. The maximum atomic E-state index is 13.1. The second-order valence-corrected chi connectivity index (χ2v) is 7.05. The predicted octanol–water partition coefficient (Wildman–Crippen LogP) is 1.95. The molecule has 3 aromatic rings. The number of aliphatic hydroxyl groups is 1. The third kappa shape index (κ3) is 1.93. The number of carbonyl (C=O) groups is 1. The molecule has 0 amide bonds. The number of rotatable bonds is 1. The van der Waals surface area contributed by atoms with Gasteiger partial charge in [0.05, 0.1) is 34.6 Å². The first kappa shape index (κ1) is 16.7. The molecule has 0 unspecified atom stereocenters. The molecule has 2 aliphatic heterocycles. The monoisotopic (exact) mass is 373 g/mol. The summed E-state index contributed by atoms with van der Waals surface area (Å²) >= 11 is 0. The Morgan fingerprint density at radius 2 is 2.11 bits per heavy atom. The minimum absolute atomic E-state index is 0.0865. The molecule has 1 aromatic carbocycles. The molecule has 28 heavy (non-hydrogen) atoms. The number of nitriles is 1. The first-order valence-electron chi connectivity index (χ1n) is 8.98. The van der Waals surface area contributed by atoms with Crippen LogP contribution in [0.15, 0.2) is 35.1 Å². The van der Waals surface area contributed by atoms with Crippen LogP contribution in [-0.2, 0) is 28.3 Å². The Hall–Kier alpha value is -3.50. The van der Waals surface area contributed by atoms with E-state index in [9.17, 15) is 20.0 Å². The van der Waals surface area contributed by atoms with E-state index in [-0.39, 0.29) is 36.3 Å². The third-order valence-corrected chi connectivity index (χ3v) is 5.71. The molecule has 0 spiro atoms. The number of para-hydroxylation sites is 1. The standard InChI is InChI=1S/C21H15N3O4/c1-2-21(27)15-7-17-18-13(9-24(17)19(25)14(15)10-28-20(21)26)12(8-22)11-5-3-4-6-16(11)23-18/h3-7,27H,2,9-10H2,1H3/t21-/m0/s1. The Bertz CT molecular complexity index is 1300. The van der Waals surface area contributed by atoms with E-state index in [1.54, 1.807) is 13.0 Å². The first-order valence-corrected chi connectivity index (χ1v) is 8.98. The lowest BCUT2D eigenvalue weighted by Crippen LogP contribution is -2.44. The molecule has 4 heterocycles. The number of fused-ring (bicyclic) bond motifs is 5. The summed E-state index contributed by atoms with van der Waals surface area (Å²) in [6.07, 6.45) is 0.0865. The van der Waals surface area contributed by atoms with Gasteiger partial charge in [0.15, 0.2) is 5.60 Å². The van der Waals surface area contributed by atoms with Gasteiger partial charge in [0.25, 0.3) is 5.56 Å². The first-order chi connectivity index (χ1) is 13.5. The van der Waals surface area contributed by atoms with E-state index in [0.29, 0.717) is 28.0 Å². The Morgan fingerprint density at radius 1 is 1.32 bits per heavy atom. The number of hydrogen-bond donors (Lipinski definition) is 1. The zero-order valence-electron chi connectivity index (χ0n) is 15.0. The van der Waals surface area contributed by atoms with E-state index in [1.807, 2.05) is 24.3 Å². The summed E-state index contributed by atoms with van der Waals surface area (Å²) in [5, 5.41) is 21.4. The van der Waals surface area contributed by atoms with E-state index in [2.05, 4.69) is 11.1 Å². The Kier molecular flexibility index (Phi) is 3.27. The van der Waals surface area contributed by atoms with Gasteiger partial charge < -0.3 is 14.4 Å². The average Bonchev–Trinajstić information content (AvgIpc) is 3.08. The maximum absolute atomic E-state index is 13.1. The summed E-state index contributed by atoms with van der Waals surface area (Å²) in [7, 11) is 0. The molecule has 2 aliphatic rings. The van der Waals surface area contributed by atoms with Crippen molar-refractivity contribution in [2.24, 2.45) is 0 Å². The summed E-state index contributed by atoms with van der Waals surface area (Å²) in [6, 6.07) is 11.2. The lowest BCUT2D eigenvalue weighted by atomic mass is 9.86. The van der Waals surface area contributed by atoms with E-state index in [1.165, 1.54) is 4.57 Å². The lowest BCUT2D eigenvalue weighted by Gasteiger charge is -2.31. The van der Waals surface area contributed by atoms with E-state index < -0.39 is 11.6 Å². The SMILES string of the molecule is CC[C@@]1(O)C(=O)OCc2c1cc1n(c2=O)Cc2c-1nc1ccccc1c2C#N. The van der Waals surface area contributed by atoms with Crippen LogP contribution < -0.4 is 5.56 Å². The van der Waals surface area contributed by atoms with Crippen LogP contribution >= 0.6 is 0 Å². The van der Waals surface area contributed by atoms with Crippen molar-refractivity contribution in [3.63, 3.8) is 0 Å². The highest BCUT2D eigenvalue weighted by atomic mass is 16.6. The van der Waals surface area contributed by atoms with Crippen molar-refractivity contribution in [3.05, 3.63) is 62.9 Å². The molecule has 0 aliphatic carbocycles. The van der Waals surface area contributed by atoms with Crippen LogP contribution in [0.5, 0.6) is 0 Å². The van der Waals surface area contributed by atoms with Crippen molar-refractivity contribution in [2.45, 2.75) is 32.1 Å². The second kappa shape index (κ2) is 5.50. The fourth-order valence-electron chi connectivity index (χ4n) is 4.16. The largest absolute Gasteiger partial charge is 0.458 e. The van der Waals surface area contributed by atoms with Crippen LogP contribution in [0.2, 0.25) is 0 Å². The predicted molar refractivity (Wildman–Crippen MR) is 99.2 cm³/mol. The smallest absolute Gasteiger partial charge is 0.343 e. The molecule has 2 aromatic heterocycles. The molecule has 0 radical (unpaired) electrons. The summed E-state index contributed by atoms with van der Waals surface area (Å²) in [6.45, 7) is 1.71. The van der Waals surface area contributed by atoms with Gasteiger partial charge in [-0.05, 0) is 18.6 Å². The molecule has 5 rings (SSSR count). The zero-order valence-corrected chi connectivity index (χ0v) is 15.0. The minimum Gasteiger partial charge on any atom is -0.458 e. The second-order valence-electron chi connectivity index (χ2n) is 7.05. The van der Waals surface area contributed by atoms with Crippen molar-refractivity contribution >= 4 is 16.9 Å². The summed E-state index contributed by atoms with van der Waals surface area (Å²) in [4.78, 5) is 30.0. The van der Waals surface area contributed by atoms with Gasteiger partial charge in [0.1, 0.15) is 12.7 Å². The van der Waals surface area contributed by atoms with Crippen LogP contribution in [0.4, 0.5) is 0 Å². The number of aromatic nitrogens is 2. The number of carbonyl (C=O) groups excluding carboxylic acids is 1. The van der Waals surface area contributed by atoms with Gasteiger partial charge in [-0.1, -0.05) is 25.1 Å². The van der Waals surface area contributed by atoms with Crippen LogP contribution in [0.25, 0.3) is 22.3 Å². The number of ether oxygens (including phenoxy) is 1. The number of esters is 1. The highest BCUT2D eigenvalue weighted by Crippen LogP contribution is 2.39. The summed E-state index contributed by atoms with van der Waals surface area (Å²) in [5.41, 5.74) is 1.19. The van der Waals surface area contributed by atoms with Crippen LogP contribution in [0.1, 0.15) is 35.6 Å². The maximum Gasteiger partial charge on any atom is 0.343 e. The summed E-state index contributed by atoms with van der Waals surface area (Å²) < 4.78 is 6.60. The van der Waals surface area contributed by atoms with Gasteiger partial charge in [-0.3, -0.25) is 4.79 Å². The molecule has 138 valence electrons. The van der Waals surface area contributed by atoms with E-state index in [4.69, 9.17) is 4.74 Å². The van der Waals surface area contributed by atoms with Crippen molar-refractivity contribution < 1.29 is 14.6 Å². The molecule has 0 saturated carbocycles. The fourth-order valence-corrected chi connectivity index (χ4v) is 4.16. The number of hydrogen-bond acceptors (Lipinski definition) is 6. The van der Waals surface area contributed by atoms with Crippen LogP contribution in [0, 0.1) is 11.3 Å². The molecular weight excluding hydrogens is 358 g/mol. The van der Waals surface area contributed by atoms with Crippen molar-refractivity contribution in [1.29, 1.82) is 5.26 Å². The molecular formula is C21H15N3O4. The van der Waals surface area contributed by atoms with Gasteiger partial charge in [-0.2, -0.15) is 5.26 Å². The number of cyclic esters (lactones) is 1.